The van der Waals surface area contributed by atoms with E-state index in [0.29, 0.717) is 6.42 Å². The van der Waals surface area contributed by atoms with Crippen molar-refractivity contribution in [2.75, 3.05) is 6.54 Å². The van der Waals surface area contributed by atoms with Gasteiger partial charge in [-0.2, -0.15) is 0 Å². The maximum absolute atomic E-state index is 11.5. The molecule has 1 aromatic rings. The Bertz CT molecular complexity index is 408. The maximum atomic E-state index is 11.5. The molecule has 1 rings (SSSR count). The van der Waals surface area contributed by atoms with Gasteiger partial charge < -0.3 is 11.1 Å². The topological polar surface area (TPSA) is 68.0 Å². The van der Waals surface area contributed by atoms with Gasteiger partial charge in [0.25, 0.3) is 0 Å². The Morgan fingerprint density at radius 1 is 1.72 bits per heavy atom. The van der Waals surface area contributed by atoms with Gasteiger partial charge in [0.15, 0.2) is 0 Å². The van der Waals surface area contributed by atoms with E-state index in [1.807, 2.05) is 26.2 Å². The number of primary amides is 1. The summed E-state index contributed by atoms with van der Waals surface area (Å²) in [6.45, 7) is 8.65. The Kier molecular flexibility index (Phi) is 5.62. The van der Waals surface area contributed by atoms with Gasteiger partial charge >= 0.3 is 0 Å². The summed E-state index contributed by atoms with van der Waals surface area (Å²) in [5.74, 6) is -0.299. The number of nitrogens with zero attached hydrogens (tertiary/aromatic N) is 1. The number of hydrogen-bond acceptors (Lipinski definition) is 5. The van der Waals surface area contributed by atoms with Crippen LogP contribution in [-0.2, 0) is 4.79 Å². The number of carbonyl (C=O) groups is 1. The predicted octanol–water partition coefficient (Wildman–Crippen LogP) is 2.18. The molecule has 0 aliphatic rings. The van der Waals surface area contributed by atoms with E-state index in [4.69, 9.17) is 5.73 Å². The van der Waals surface area contributed by atoms with E-state index in [1.54, 1.807) is 23.1 Å². The fourth-order valence-electron chi connectivity index (χ4n) is 1.83. The highest BCUT2D eigenvalue weighted by Gasteiger charge is 2.32. The van der Waals surface area contributed by atoms with Crippen molar-refractivity contribution in [1.82, 2.24) is 10.3 Å². The zero-order valence-corrected chi connectivity index (χ0v) is 13.0. The fourth-order valence-corrected chi connectivity index (χ4v) is 4.16. The van der Waals surface area contributed by atoms with Gasteiger partial charge in [-0.25, -0.2) is 4.98 Å². The lowest BCUT2D eigenvalue weighted by molar-refractivity contribution is -0.124. The van der Waals surface area contributed by atoms with Gasteiger partial charge in [0.2, 0.25) is 5.91 Å². The van der Waals surface area contributed by atoms with E-state index in [0.717, 1.165) is 16.6 Å². The molecule has 0 radical (unpaired) electrons. The van der Waals surface area contributed by atoms with Crippen molar-refractivity contribution in [3.05, 3.63) is 11.1 Å². The lowest BCUT2D eigenvalue weighted by Crippen LogP contribution is -2.54. The minimum atomic E-state index is -0.645. The van der Waals surface area contributed by atoms with Crippen LogP contribution < -0.4 is 11.1 Å². The molecule has 0 saturated carbocycles. The van der Waals surface area contributed by atoms with Gasteiger partial charge in [0.1, 0.15) is 4.34 Å². The number of hydrogen-bond donors (Lipinski definition) is 2. The molecular weight excluding hydrogens is 266 g/mol. The predicted molar refractivity (Wildman–Crippen MR) is 78.1 cm³/mol. The minimum absolute atomic E-state index is 0.284. The molecule has 0 spiro atoms. The van der Waals surface area contributed by atoms with E-state index in [-0.39, 0.29) is 11.2 Å². The van der Waals surface area contributed by atoms with Crippen LogP contribution in [-0.4, -0.2) is 28.2 Å². The van der Waals surface area contributed by atoms with Crippen LogP contribution in [0.25, 0.3) is 0 Å². The number of amides is 1. The first-order valence-corrected chi connectivity index (χ1v) is 7.77. The average molecular weight is 287 g/mol. The van der Waals surface area contributed by atoms with E-state index >= 15 is 0 Å². The SMILES string of the molecule is CCNC(C)(CC(C)Sc1nc(C)cs1)C(N)=O. The lowest BCUT2D eigenvalue weighted by atomic mass is 9.95. The largest absolute Gasteiger partial charge is 0.368 e. The highest BCUT2D eigenvalue weighted by molar-refractivity contribution is 8.01. The Hall–Kier alpha value is -0.590. The number of thiazole rings is 1. The van der Waals surface area contributed by atoms with Gasteiger partial charge in [0, 0.05) is 16.3 Å². The number of thioether (sulfide) groups is 1. The van der Waals surface area contributed by atoms with E-state index in [2.05, 4.69) is 17.2 Å². The third-order valence-electron chi connectivity index (χ3n) is 2.71. The standard InChI is InChI=1S/C12H21N3OS2/c1-5-14-12(4,10(13)16)6-9(3)18-11-15-8(2)7-17-11/h7,9,14H,5-6H2,1-4H3,(H2,13,16). The molecule has 0 aromatic carbocycles. The molecule has 0 fully saturated rings. The smallest absolute Gasteiger partial charge is 0.237 e. The maximum Gasteiger partial charge on any atom is 0.237 e. The van der Waals surface area contributed by atoms with Gasteiger partial charge in [-0.1, -0.05) is 25.6 Å². The van der Waals surface area contributed by atoms with Crippen LogP contribution in [0.5, 0.6) is 0 Å². The zero-order chi connectivity index (χ0) is 13.8. The first-order chi connectivity index (χ1) is 8.37. The van der Waals surface area contributed by atoms with Gasteiger partial charge in [-0.15, -0.1) is 11.3 Å². The molecule has 1 heterocycles. The summed E-state index contributed by atoms with van der Waals surface area (Å²) in [5, 5.41) is 5.49. The van der Waals surface area contributed by atoms with Gasteiger partial charge in [-0.3, -0.25) is 4.79 Å². The summed E-state index contributed by atoms with van der Waals surface area (Å²) in [7, 11) is 0. The Morgan fingerprint density at radius 3 is 2.83 bits per heavy atom. The molecule has 0 aliphatic heterocycles. The summed E-state index contributed by atoms with van der Waals surface area (Å²) in [6, 6.07) is 0. The molecule has 0 aliphatic carbocycles. The number of carbonyl (C=O) groups excluding carboxylic acids is 1. The van der Waals surface area contributed by atoms with Crippen LogP contribution in [0.4, 0.5) is 0 Å². The quantitative estimate of drug-likeness (QED) is 0.754. The van der Waals surface area contributed by atoms with Gasteiger partial charge in [-0.05, 0) is 26.8 Å². The van der Waals surface area contributed by atoms with E-state index in [1.165, 1.54) is 0 Å². The number of rotatable bonds is 7. The number of aryl methyl sites for hydroxylation is 1. The van der Waals surface area contributed by atoms with Gasteiger partial charge in [0.05, 0.1) is 5.54 Å². The molecule has 1 amide bonds. The molecule has 2 unspecified atom stereocenters. The lowest BCUT2D eigenvalue weighted by Gasteiger charge is -2.29. The Labute approximate surface area is 117 Å². The number of likely N-dealkylation sites (N-methyl/N-ethyl adjacent to an activating group) is 1. The molecule has 2 atom stereocenters. The Balaban J connectivity index is 2.61. The average Bonchev–Trinajstić information content (AvgIpc) is 2.63. The fraction of sp³-hybridized carbons (Fsp3) is 0.667. The van der Waals surface area contributed by atoms with E-state index < -0.39 is 5.54 Å². The number of nitrogens with two attached hydrogens (primary N) is 1. The van der Waals surface area contributed by atoms with Crippen LogP contribution in [0.15, 0.2) is 9.72 Å². The van der Waals surface area contributed by atoms with Crippen molar-refractivity contribution in [2.45, 2.75) is 49.2 Å². The molecule has 0 bridgehead atoms. The molecule has 1 aromatic heterocycles. The number of aromatic nitrogens is 1. The highest BCUT2D eigenvalue weighted by Crippen LogP contribution is 2.30. The molecule has 3 N–H and O–H groups in total. The van der Waals surface area contributed by atoms with Crippen LogP contribution in [0.3, 0.4) is 0 Å². The summed E-state index contributed by atoms with van der Waals surface area (Å²) in [5.41, 5.74) is 5.87. The summed E-state index contributed by atoms with van der Waals surface area (Å²) in [4.78, 5) is 16.0. The summed E-state index contributed by atoms with van der Waals surface area (Å²) < 4.78 is 1.04. The Morgan fingerprint density at radius 2 is 2.39 bits per heavy atom. The van der Waals surface area contributed by atoms with Crippen molar-refractivity contribution in [2.24, 2.45) is 5.73 Å². The van der Waals surface area contributed by atoms with Crippen molar-refractivity contribution >= 4 is 29.0 Å². The number of nitrogens with one attached hydrogen (secondary N) is 1. The second kappa shape index (κ2) is 6.54. The monoisotopic (exact) mass is 287 g/mol. The van der Waals surface area contributed by atoms with Crippen molar-refractivity contribution < 1.29 is 4.79 Å². The minimum Gasteiger partial charge on any atom is -0.368 e. The highest BCUT2D eigenvalue weighted by atomic mass is 32.2. The van der Waals surface area contributed by atoms with Crippen molar-refractivity contribution in [3.63, 3.8) is 0 Å². The second-order valence-electron chi connectivity index (χ2n) is 4.61. The molecular formula is C12H21N3OS2. The molecule has 6 heteroatoms. The first-order valence-electron chi connectivity index (χ1n) is 6.01. The molecule has 18 heavy (non-hydrogen) atoms. The van der Waals surface area contributed by atoms with Crippen molar-refractivity contribution in [1.29, 1.82) is 0 Å². The van der Waals surface area contributed by atoms with Crippen LogP contribution in [0, 0.1) is 6.92 Å². The van der Waals surface area contributed by atoms with Crippen LogP contribution >= 0.6 is 23.1 Å². The summed E-state index contributed by atoms with van der Waals surface area (Å²) >= 11 is 3.34. The third-order valence-corrected chi connectivity index (χ3v) is 4.90. The van der Waals surface area contributed by atoms with Crippen LogP contribution in [0.2, 0.25) is 0 Å². The molecule has 4 nitrogen and oxygen atoms in total. The molecule has 102 valence electrons. The summed E-state index contributed by atoms with van der Waals surface area (Å²) in [6.07, 6.45) is 0.694. The third kappa shape index (κ3) is 4.26. The van der Waals surface area contributed by atoms with Crippen molar-refractivity contribution in [3.8, 4) is 0 Å². The van der Waals surface area contributed by atoms with Crippen LogP contribution in [0.1, 0.15) is 32.9 Å². The van der Waals surface area contributed by atoms with E-state index in [9.17, 15) is 4.79 Å². The second-order valence-corrected chi connectivity index (χ2v) is 7.16. The molecule has 0 saturated heterocycles. The first kappa shape index (κ1) is 15.5. The zero-order valence-electron chi connectivity index (χ0n) is 11.3. The normalized spacial score (nSPS) is 16.2.